The Hall–Kier alpha value is -12.2. The molecule has 14 rings (SSSR count). The van der Waals surface area contributed by atoms with Crippen LogP contribution in [0.3, 0.4) is 0 Å². The van der Waals surface area contributed by atoms with Crippen molar-refractivity contribution in [2.24, 2.45) is 10.8 Å². The van der Waals surface area contributed by atoms with Gasteiger partial charge in [-0.25, -0.2) is 28.5 Å². The standard InChI is InChI=1S/C26H26N6O2.C25H26N6O3.C23H20N6O2/c1-3-26(7-8-26)14-24(33)31-11-9-30(10-12-31)23-6-5-19(16-28-23)22-13-21(34-4-2)18-32-25(22)20(15-27)17-29-32;1-3-5-20(32)12-24(33)30-10-8-29(9-11-30)23-7-6-18(15-27-23)22-13-21(34-4-2)17-31-25(22)19(14-26)16-28-31;1-3-21(30)28-14-23(15-28)12-27(13-23)20-6-5-16(9-25-20)19-7-18(31-4-2)11-29-22(19)17(8-24)10-26-29/h1,5-6,13,16-18H,4,7-12,14H2,2H3;1,6-7,13,15-17,20,32H,4-5,8-12H2,2H3;1,5-7,9-11H,4,12-15H2,2H3. The zero-order valence-electron chi connectivity index (χ0n) is 55.3. The second-order valence-corrected chi connectivity index (χ2v) is 24.9. The topological polar surface area (TPSA) is 281 Å². The quantitative estimate of drug-likeness (QED) is 0.0885. The van der Waals surface area contributed by atoms with E-state index in [9.17, 15) is 35.3 Å². The molecule has 99 heavy (non-hydrogen) atoms. The number of fused-ring (bicyclic) bond motifs is 3. The molecule has 0 radical (unpaired) electrons. The highest BCUT2D eigenvalue weighted by molar-refractivity contribution is 5.94. The molecular weight excluding hydrogens is 1250 g/mol. The van der Waals surface area contributed by atoms with Gasteiger partial charge >= 0.3 is 0 Å². The average Bonchev–Trinajstić information content (AvgIpc) is 1.59. The number of anilines is 3. The Morgan fingerprint density at radius 3 is 1.26 bits per heavy atom. The van der Waals surface area contributed by atoms with Crippen molar-refractivity contribution in [2.45, 2.75) is 59.0 Å². The van der Waals surface area contributed by atoms with Gasteiger partial charge in [-0.1, -0.05) is 5.92 Å². The third-order valence-corrected chi connectivity index (χ3v) is 18.4. The predicted molar refractivity (Wildman–Crippen MR) is 370 cm³/mol. The zero-order valence-corrected chi connectivity index (χ0v) is 55.3. The van der Waals surface area contributed by atoms with Crippen LogP contribution in [0.4, 0.5) is 17.5 Å². The van der Waals surface area contributed by atoms with Gasteiger partial charge in [0.15, 0.2) is 0 Å². The second-order valence-electron chi connectivity index (χ2n) is 24.9. The smallest absolute Gasteiger partial charge is 0.298 e. The minimum Gasteiger partial charge on any atom is -0.492 e. The first-order valence-electron chi connectivity index (χ1n) is 32.8. The van der Waals surface area contributed by atoms with Crippen LogP contribution in [0.1, 0.15) is 69.6 Å². The number of hydrogen-bond donors (Lipinski definition) is 1. The number of terminal acetylenes is 3. The molecule has 1 aliphatic carbocycles. The predicted octanol–water partition coefficient (Wildman–Crippen LogP) is 7.16. The van der Waals surface area contributed by atoms with Crippen molar-refractivity contribution in [3.05, 3.63) is 127 Å². The number of ether oxygens (including phenoxy) is 3. The van der Waals surface area contributed by atoms with Gasteiger partial charge in [-0.3, -0.25) is 14.4 Å². The van der Waals surface area contributed by atoms with Crippen molar-refractivity contribution in [3.8, 4) is 106 Å². The molecule has 1 N–H and O–H groups in total. The monoisotopic (exact) mass is 1320 g/mol. The van der Waals surface area contributed by atoms with Gasteiger partial charge in [0.05, 0.1) is 103 Å². The molecule has 9 aromatic rings. The fraction of sp³-hybridized carbons (Fsp3) is 0.351. The van der Waals surface area contributed by atoms with Crippen LogP contribution in [0.2, 0.25) is 0 Å². The van der Waals surface area contributed by atoms with E-state index >= 15 is 0 Å². The van der Waals surface area contributed by atoms with Crippen molar-refractivity contribution >= 4 is 51.7 Å². The molecule has 3 amide bonds. The van der Waals surface area contributed by atoms with E-state index in [2.05, 4.69) is 75.9 Å². The van der Waals surface area contributed by atoms with Crippen LogP contribution in [0.5, 0.6) is 17.2 Å². The molecule has 4 aliphatic heterocycles. The van der Waals surface area contributed by atoms with Gasteiger partial charge in [0.2, 0.25) is 11.8 Å². The lowest BCUT2D eigenvalue weighted by Gasteiger charge is -2.60. The van der Waals surface area contributed by atoms with Crippen LogP contribution in [0.25, 0.3) is 49.9 Å². The summed E-state index contributed by atoms with van der Waals surface area (Å²) in [7, 11) is 0. The van der Waals surface area contributed by atoms with Crippen molar-refractivity contribution < 1.29 is 33.7 Å². The van der Waals surface area contributed by atoms with Crippen LogP contribution in [0, 0.1) is 81.9 Å². The Bertz CT molecular complexity index is 4750. The van der Waals surface area contributed by atoms with Crippen molar-refractivity contribution in [1.82, 2.24) is 58.5 Å². The Balaban J connectivity index is 0.000000141. The summed E-state index contributed by atoms with van der Waals surface area (Å²) in [5.41, 5.74) is 8.74. The summed E-state index contributed by atoms with van der Waals surface area (Å²) in [5.74, 6) is 11.8. The third kappa shape index (κ3) is 14.2. The SMILES string of the molecule is C#CC(=O)N1CC2(C1)CN(c1ccc(-c3cc(OCC)cn4ncc(C#N)c34)cn1)C2.C#CC1(CC(=O)N2CCN(c3ccc(-c4cc(OCC)cn5ncc(C#N)c45)cn3)CC2)CC1.C#CCC(O)CC(=O)N1CCN(c2ccc(-c3cc(OCC)cn4ncc(C#N)c34)cn2)CC1. The van der Waals surface area contributed by atoms with Gasteiger partial charge in [-0.15, -0.1) is 25.2 Å². The van der Waals surface area contributed by atoms with Crippen LogP contribution >= 0.6 is 0 Å². The van der Waals surface area contributed by atoms with Crippen LogP contribution in [0.15, 0.2) is 110 Å². The van der Waals surface area contributed by atoms with E-state index in [1.807, 2.05) is 92.7 Å². The minimum atomic E-state index is -0.797. The molecule has 0 bridgehead atoms. The van der Waals surface area contributed by atoms with E-state index in [0.717, 1.165) is 101 Å². The maximum Gasteiger partial charge on any atom is 0.298 e. The highest BCUT2D eigenvalue weighted by atomic mass is 16.5. The maximum absolute atomic E-state index is 12.6. The number of piperazine rings is 2. The number of rotatable bonds is 17. The Morgan fingerprint density at radius 1 is 0.535 bits per heavy atom. The highest BCUT2D eigenvalue weighted by Crippen LogP contribution is 2.48. The molecule has 25 heteroatoms. The number of likely N-dealkylation sites (tertiary alicyclic amines) is 1. The van der Waals surface area contributed by atoms with Crippen molar-refractivity contribution in [1.29, 1.82) is 15.8 Å². The van der Waals surface area contributed by atoms with E-state index in [1.165, 1.54) is 0 Å². The Kier molecular flexibility index (Phi) is 19.6. The molecule has 4 saturated heterocycles. The summed E-state index contributed by atoms with van der Waals surface area (Å²) in [4.78, 5) is 62.4. The lowest BCUT2D eigenvalue weighted by molar-refractivity contribution is -0.138. The third-order valence-electron chi connectivity index (χ3n) is 18.4. The first-order chi connectivity index (χ1) is 48.1. The molecular formula is C74H72N18O7. The molecule has 5 aliphatic rings. The van der Waals surface area contributed by atoms with E-state index < -0.39 is 6.10 Å². The molecule has 0 aromatic carbocycles. The molecule has 500 valence electrons. The summed E-state index contributed by atoms with van der Waals surface area (Å²) in [6, 6.07) is 24.2. The summed E-state index contributed by atoms with van der Waals surface area (Å²) in [5, 5.41) is 51.2. The summed E-state index contributed by atoms with van der Waals surface area (Å²) in [6.07, 6.45) is 33.2. The molecule has 9 aromatic heterocycles. The summed E-state index contributed by atoms with van der Waals surface area (Å²) in [6.45, 7) is 15.7. The van der Waals surface area contributed by atoms with Gasteiger partial charge in [0, 0.05) is 154 Å². The molecule has 13 heterocycles. The molecule has 5 fully saturated rings. The molecule has 1 atom stereocenters. The Morgan fingerprint density at radius 2 is 0.929 bits per heavy atom. The first-order valence-corrected chi connectivity index (χ1v) is 32.8. The van der Waals surface area contributed by atoms with Gasteiger partial charge in [-0.05, 0) is 94.1 Å². The lowest BCUT2D eigenvalue weighted by atomic mass is 9.73. The van der Waals surface area contributed by atoms with E-state index in [0.29, 0.717) is 118 Å². The number of nitriles is 3. The molecule has 1 saturated carbocycles. The highest BCUT2D eigenvalue weighted by Gasteiger charge is 2.53. The molecule has 1 unspecified atom stereocenters. The first kappa shape index (κ1) is 66.8. The van der Waals surface area contributed by atoms with E-state index in [1.54, 1.807) is 66.7 Å². The second kappa shape index (κ2) is 29.0. The van der Waals surface area contributed by atoms with Gasteiger partial charge in [-0.2, -0.15) is 31.1 Å². The number of hydrogen-bond acceptors (Lipinski definition) is 19. The number of aliphatic hydroxyl groups excluding tert-OH is 1. The van der Waals surface area contributed by atoms with Crippen molar-refractivity contribution in [2.75, 3.05) is 113 Å². The number of nitrogens with zero attached hydrogens (tertiary/aromatic N) is 18. The van der Waals surface area contributed by atoms with Crippen molar-refractivity contribution in [3.63, 3.8) is 0 Å². The van der Waals surface area contributed by atoms with Crippen LogP contribution in [-0.2, 0) is 14.4 Å². The van der Waals surface area contributed by atoms with Crippen LogP contribution < -0.4 is 28.9 Å². The minimum absolute atomic E-state index is 0.0473. The molecule has 1 spiro atoms. The number of aliphatic hydroxyl groups is 1. The Labute approximate surface area is 572 Å². The van der Waals surface area contributed by atoms with E-state index in [-0.39, 0.29) is 41.4 Å². The van der Waals surface area contributed by atoms with E-state index in [4.69, 9.17) is 38.5 Å². The summed E-state index contributed by atoms with van der Waals surface area (Å²) >= 11 is 0. The number of pyridine rings is 6. The normalized spacial score (nSPS) is 15.8. The number of amides is 3. The van der Waals surface area contributed by atoms with Crippen LogP contribution in [-0.4, -0.2) is 186 Å². The lowest BCUT2D eigenvalue weighted by Crippen LogP contribution is -2.73. The zero-order chi connectivity index (χ0) is 69.4. The van der Waals surface area contributed by atoms with Gasteiger partial charge in [0.1, 0.15) is 52.9 Å². The maximum atomic E-state index is 12.6. The number of aromatic nitrogens is 9. The number of carbonyl (C=O) groups is 3. The van der Waals surface area contributed by atoms with Gasteiger partial charge in [0.25, 0.3) is 5.91 Å². The summed E-state index contributed by atoms with van der Waals surface area (Å²) < 4.78 is 22.0. The fourth-order valence-corrected chi connectivity index (χ4v) is 13.1. The van der Waals surface area contributed by atoms with Gasteiger partial charge < -0.3 is 48.7 Å². The fourth-order valence-electron chi connectivity index (χ4n) is 13.1. The largest absolute Gasteiger partial charge is 0.492 e. The molecule has 25 nitrogen and oxygen atoms in total. The average molecular weight is 1330 g/mol. The number of carbonyl (C=O) groups excluding carboxylic acids is 3.